The van der Waals surface area contributed by atoms with Crippen LogP contribution in [-0.4, -0.2) is 38.6 Å². The van der Waals surface area contributed by atoms with Crippen LogP contribution in [0.2, 0.25) is 0 Å². The van der Waals surface area contributed by atoms with E-state index in [1.54, 1.807) is 23.1 Å². The normalized spacial score (nSPS) is 19.9. The zero-order chi connectivity index (χ0) is 18.4. The molecule has 2 aromatic rings. The molecule has 1 heterocycles. The molecule has 0 aliphatic carbocycles. The highest BCUT2D eigenvalue weighted by Gasteiger charge is 2.24. The number of hydrogen-bond acceptors (Lipinski definition) is 1. The topological polar surface area (TPSA) is 38.0 Å². The van der Waals surface area contributed by atoms with Crippen molar-refractivity contribution >= 4 is 5.91 Å². The molecule has 0 saturated carbocycles. The lowest BCUT2D eigenvalue weighted by atomic mass is 10.1. The van der Waals surface area contributed by atoms with E-state index in [2.05, 4.69) is 36.5 Å². The first-order valence-electron chi connectivity index (χ1n) is 9.33. The van der Waals surface area contributed by atoms with E-state index < -0.39 is 0 Å². The average molecular weight is 357 g/mol. The van der Waals surface area contributed by atoms with Crippen molar-refractivity contribution in [1.29, 1.82) is 0 Å². The Kier molecular flexibility index (Phi) is 6.36. The first-order chi connectivity index (χ1) is 12.6. The van der Waals surface area contributed by atoms with Gasteiger partial charge in [0.1, 0.15) is 38.5 Å². The summed E-state index contributed by atoms with van der Waals surface area (Å²) in [6.45, 7) is 8.03. The second-order valence-electron chi connectivity index (χ2n) is 7.21. The Labute approximate surface area is 154 Å². The molecule has 1 aliphatic rings. The van der Waals surface area contributed by atoms with Gasteiger partial charge < -0.3 is 15.1 Å². The zero-order valence-electron chi connectivity index (χ0n) is 15.4. The smallest absolute Gasteiger partial charge is 0.275 e. The molecule has 0 atom stereocenters. The van der Waals surface area contributed by atoms with E-state index in [1.165, 1.54) is 22.1 Å². The van der Waals surface area contributed by atoms with Crippen LogP contribution in [0, 0.1) is 12.7 Å². The Hall–Kier alpha value is -2.24. The molecule has 138 valence electrons. The van der Waals surface area contributed by atoms with Gasteiger partial charge in [-0.05, 0) is 13.0 Å². The lowest BCUT2D eigenvalue weighted by molar-refractivity contribution is -1.02. The summed E-state index contributed by atoms with van der Waals surface area (Å²) in [6, 6.07) is 15.2. The fourth-order valence-electron chi connectivity index (χ4n) is 3.55. The monoisotopic (exact) mass is 357 g/mol. The Bertz CT molecular complexity index is 742. The van der Waals surface area contributed by atoms with E-state index in [0.29, 0.717) is 12.1 Å². The van der Waals surface area contributed by atoms with Crippen molar-refractivity contribution in [3.63, 3.8) is 0 Å². The van der Waals surface area contributed by atoms with E-state index in [-0.39, 0.29) is 18.3 Å². The van der Waals surface area contributed by atoms with Crippen LogP contribution in [0.15, 0.2) is 48.5 Å². The highest BCUT2D eigenvalue weighted by atomic mass is 19.1. The maximum Gasteiger partial charge on any atom is 0.275 e. The Morgan fingerprint density at radius 3 is 2.50 bits per heavy atom. The largest absolute Gasteiger partial charge is 0.347 e. The van der Waals surface area contributed by atoms with Crippen LogP contribution in [0.5, 0.6) is 0 Å². The van der Waals surface area contributed by atoms with Crippen molar-refractivity contribution in [3.05, 3.63) is 71.0 Å². The minimum Gasteiger partial charge on any atom is -0.347 e. The summed E-state index contributed by atoms with van der Waals surface area (Å²) in [5.74, 6) is -0.279. The lowest BCUT2D eigenvalue weighted by Gasteiger charge is -2.29. The summed E-state index contributed by atoms with van der Waals surface area (Å²) >= 11 is 0. The van der Waals surface area contributed by atoms with Crippen LogP contribution in [0.3, 0.4) is 0 Å². The fraction of sp³-hybridized carbons (Fsp3) is 0.381. The van der Waals surface area contributed by atoms with Crippen LogP contribution in [0.4, 0.5) is 4.39 Å². The first-order valence-corrected chi connectivity index (χ1v) is 9.33. The molecular weight excluding hydrogens is 329 g/mol. The molecule has 0 bridgehead atoms. The first kappa shape index (κ1) is 18.5. The summed E-state index contributed by atoms with van der Waals surface area (Å²) < 4.78 is 13.6. The number of rotatable bonds is 6. The van der Waals surface area contributed by atoms with Crippen LogP contribution in [0.25, 0.3) is 0 Å². The van der Waals surface area contributed by atoms with Crippen molar-refractivity contribution < 1.29 is 19.0 Å². The maximum absolute atomic E-state index is 13.6. The highest BCUT2D eigenvalue weighted by Crippen LogP contribution is 2.05. The molecule has 5 heteroatoms. The van der Waals surface area contributed by atoms with Gasteiger partial charge in [-0.15, -0.1) is 0 Å². The van der Waals surface area contributed by atoms with Crippen molar-refractivity contribution in [2.75, 3.05) is 32.7 Å². The number of halogens is 1. The van der Waals surface area contributed by atoms with Crippen LogP contribution in [-0.2, 0) is 17.9 Å². The van der Waals surface area contributed by atoms with Gasteiger partial charge in [0.05, 0.1) is 0 Å². The minimum atomic E-state index is -0.270. The number of hydrogen-bond donors (Lipinski definition) is 3. The van der Waals surface area contributed by atoms with Gasteiger partial charge in [0.25, 0.3) is 5.91 Å². The molecule has 3 rings (SSSR count). The number of benzene rings is 2. The van der Waals surface area contributed by atoms with Crippen molar-refractivity contribution in [2.45, 2.75) is 20.0 Å². The van der Waals surface area contributed by atoms with Gasteiger partial charge in [0, 0.05) is 17.7 Å². The Balaban J connectivity index is 1.39. The SMILES string of the molecule is Cc1cccc(C[NH+]2CC[NH+](CC(=O)NCc3ccccc3F)CC2)c1. The van der Waals surface area contributed by atoms with Crippen molar-refractivity contribution in [3.8, 4) is 0 Å². The third-order valence-electron chi connectivity index (χ3n) is 5.05. The molecule has 3 N–H and O–H groups in total. The van der Waals surface area contributed by atoms with Gasteiger partial charge in [-0.1, -0.05) is 48.0 Å². The average Bonchev–Trinajstić information content (AvgIpc) is 2.63. The molecule has 0 radical (unpaired) electrons. The number of nitrogens with one attached hydrogen (secondary N) is 3. The standard InChI is InChI=1S/C21H26FN3O/c1-17-5-4-6-18(13-17)15-24-9-11-25(12-10-24)16-21(26)23-14-19-7-2-3-8-20(19)22/h2-8,13H,9-12,14-16H2,1H3,(H,23,26)/p+2. The summed E-state index contributed by atoms with van der Waals surface area (Å²) in [5.41, 5.74) is 3.21. The molecular formula is C21H28FN3O+2. The number of carbonyl (C=O) groups excluding carboxylic acids is 1. The molecule has 26 heavy (non-hydrogen) atoms. The van der Waals surface area contributed by atoms with E-state index >= 15 is 0 Å². The molecule has 4 nitrogen and oxygen atoms in total. The summed E-state index contributed by atoms with van der Waals surface area (Å²) in [5, 5.41) is 2.84. The highest BCUT2D eigenvalue weighted by molar-refractivity contribution is 5.76. The Morgan fingerprint density at radius 2 is 1.77 bits per heavy atom. The molecule has 1 aliphatic heterocycles. The van der Waals surface area contributed by atoms with Crippen LogP contribution < -0.4 is 15.1 Å². The van der Waals surface area contributed by atoms with Gasteiger partial charge in [0.2, 0.25) is 0 Å². The zero-order valence-corrected chi connectivity index (χ0v) is 15.4. The van der Waals surface area contributed by atoms with Crippen molar-refractivity contribution in [2.24, 2.45) is 0 Å². The van der Waals surface area contributed by atoms with E-state index in [0.717, 1.165) is 32.7 Å². The fourth-order valence-corrected chi connectivity index (χ4v) is 3.55. The number of quaternary nitrogens is 2. The molecule has 1 amide bonds. The summed E-state index contributed by atoms with van der Waals surface area (Å²) in [6.07, 6.45) is 0. The predicted octanol–water partition coefficient (Wildman–Crippen LogP) is -0.266. The molecule has 0 spiro atoms. The predicted molar refractivity (Wildman–Crippen MR) is 99.4 cm³/mol. The van der Waals surface area contributed by atoms with Gasteiger partial charge in [-0.2, -0.15) is 0 Å². The molecule has 2 aromatic carbocycles. The summed E-state index contributed by atoms with van der Waals surface area (Å²) in [7, 11) is 0. The number of carbonyl (C=O) groups is 1. The molecule has 0 unspecified atom stereocenters. The maximum atomic E-state index is 13.6. The van der Waals surface area contributed by atoms with E-state index in [1.807, 2.05) is 0 Å². The van der Waals surface area contributed by atoms with Gasteiger partial charge in [0.15, 0.2) is 6.54 Å². The van der Waals surface area contributed by atoms with E-state index in [9.17, 15) is 9.18 Å². The van der Waals surface area contributed by atoms with Crippen molar-refractivity contribution in [1.82, 2.24) is 5.32 Å². The summed E-state index contributed by atoms with van der Waals surface area (Å²) in [4.78, 5) is 15.0. The lowest BCUT2D eigenvalue weighted by Crippen LogP contribution is -3.28. The van der Waals surface area contributed by atoms with Gasteiger partial charge in [-0.25, -0.2) is 4.39 Å². The number of aryl methyl sites for hydroxylation is 1. The second-order valence-corrected chi connectivity index (χ2v) is 7.21. The number of amides is 1. The third-order valence-corrected chi connectivity index (χ3v) is 5.05. The van der Waals surface area contributed by atoms with Gasteiger partial charge in [-0.3, -0.25) is 4.79 Å². The van der Waals surface area contributed by atoms with Gasteiger partial charge >= 0.3 is 0 Å². The van der Waals surface area contributed by atoms with Crippen LogP contribution >= 0.6 is 0 Å². The molecule has 1 saturated heterocycles. The Morgan fingerprint density at radius 1 is 1.04 bits per heavy atom. The molecule has 1 fully saturated rings. The quantitative estimate of drug-likeness (QED) is 0.655. The second kappa shape index (κ2) is 8.92. The third kappa shape index (κ3) is 5.38. The molecule has 0 aromatic heterocycles. The van der Waals surface area contributed by atoms with E-state index in [4.69, 9.17) is 0 Å². The van der Waals surface area contributed by atoms with Crippen LogP contribution in [0.1, 0.15) is 16.7 Å². The number of piperazine rings is 1. The minimum absolute atomic E-state index is 0.00890.